The van der Waals surface area contributed by atoms with Crippen molar-refractivity contribution in [1.82, 2.24) is 4.90 Å². The minimum absolute atomic E-state index is 0.572. The standard InChI is InChI=1S/C26H27N3O/c30-29-25(22-13-5-1-6-14-22)21-28(24-17-9-3-10-18-24)26(29,23-15-7-2-8-16-23)27-19-11-4-12-20-27/h1-3,5-10,13-18H,4,11-12,19-21H2. The van der Waals surface area contributed by atoms with Gasteiger partial charge in [0.1, 0.15) is 6.54 Å². The highest BCUT2D eigenvalue weighted by Crippen LogP contribution is 2.42. The molecule has 5 rings (SSSR count). The summed E-state index contributed by atoms with van der Waals surface area (Å²) in [7, 11) is 0. The molecule has 2 aliphatic heterocycles. The van der Waals surface area contributed by atoms with E-state index in [0.717, 1.165) is 48.5 Å². The van der Waals surface area contributed by atoms with Crippen LogP contribution in [0, 0.1) is 5.21 Å². The van der Waals surface area contributed by atoms with Crippen molar-refractivity contribution < 1.29 is 4.74 Å². The average molecular weight is 398 g/mol. The number of hydroxylamine groups is 1. The highest BCUT2D eigenvalue weighted by molar-refractivity contribution is 6.01. The van der Waals surface area contributed by atoms with Crippen molar-refractivity contribution in [2.24, 2.45) is 0 Å². The van der Waals surface area contributed by atoms with Crippen LogP contribution in [0.2, 0.25) is 0 Å². The van der Waals surface area contributed by atoms with Crippen LogP contribution in [0.1, 0.15) is 30.4 Å². The van der Waals surface area contributed by atoms with Crippen LogP contribution in [0.25, 0.3) is 0 Å². The molecule has 0 aromatic heterocycles. The second-order valence-electron chi connectivity index (χ2n) is 8.08. The molecule has 3 aromatic rings. The molecule has 0 radical (unpaired) electrons. The fraction of sp³-hybridized carbons (Fsp3) is 0.269. The molecular weight excluding hydrogens is 370 g/mol. The van der Waals surface area contributed by atoms with Crippen LogP contribution >= 0.6 is 0 Å². The fourth-order valence-electron chi connectivity index (χ4n) is 4.96. The summed E-state index contributed by atoms with van der Waals surface area (Å²) in [5.41, 5.74) is 3.90. The first kappa shape index (κ1) is 18.9. The molecule has 0 N–H and O–H groups in total. The number of nitrogens with zero attached hydrogens (tertiary/aromatic N) is 3. The highest BCUT2D eigenvalue weighted by atomic mass is 16.5. The van der Waals surface area contributed by atoms with Gasteiger partial charge in [-0.15, -0.1) is 0 Å². The van der Waals surface area contributed by atoms with Crippen molar-refractivity contribution >= 4 is 11.4 Å². The summed E-state index contributed by atoms with van der Waals surface area (Å²) in [4.78, 5) is 4.69. The number of hydrogen-bond acceptors (Lipinski definition) is 3. The normalized spacial score (nSPS) is 22.5. The van der Waals surface area contributed by atoms with E-state index in [0.29, 0.717) is 6.54 Å². The van der Waals surface area contributed by atoms with Gasteiger partial charge in [-0.05, 0) is 49.2 Å². The first-order valence-electron chi connectivity index (χ1n) is 10.8. The third-order valence-corrected chi connectivity index (χ3v) is 6.35. The van der Waals surface area contributed by atoms with Crippen LogP contribution in [0.3, 0.4) is 0 Å². The molecule has 4 nitrogen and oxygen atoms in total. The maximum absolute atomic E-state index is 14.3. The van der Waals surface area contributed by atoms with E-state index in [1.807, 2.05) is 54.6 Å². The molecule has 2 heterocycles. The Bertz CT molecular complexity index is 1010. The van der Waals surface area contributed by atoms with Gasteiger partial charge in [0.2, 0.25) is 5.71 Å². The molecule has 0 saturated carbocycles. The number of likely N-dealkylation sites (tertiary alicyclic amines) is 1. The Balaban J connectivity index is 1.77. The van der Waals surface area contributed by atoms with Gasteiger partial charge < -0.3 is 5.21 Å². The van der Waals surface area contributed by atoms with Crippen LogP contribution in [0.15, 0.2) is 91.0 Å². The first-order chi connectivity index (χ1) is 14.8. The summed E-state index contributed by atoms with van der Waals surface area (Å²) in [6, 6.07) is 30.8. The number of hydrogen-bond donors (Lipinski definition) is 0. The van der Waals surface area contributed by atoms with E-state index in [1.54, 1.807) is 0 Å². The number of benzene rings is 3. The van der Waals surface area contributed by atoms with Gasteiger partial charge in [0.05, 0.1) is 5.56 Å². The molecular formula is C26H27N3O. The van der Waals surface area contributed by atoms with Gasteiger partial charge in [-0.2, -0.15) is 4.74 Å². The molecule has 1 atom stereocenters. The van der Waals surface area contributed by atoms with Crippen molar-refractivity contribution in [2.75, 3.05) is 24.5 Å². The summed E-state index contributed by atoms with van der Waals surface area (Å²) < 4.78 is 1.29. The van der Waals surface area contributed by atoms with Gasteiger partial charge in [-0.3, -0.25) is 4.90 Å². The Morgan fingerprint density at radius 1 is 0.700 bits per heavy atom. The van der Waals surface area contributed by atoms with Crippen molar-refractivity contribution in [3.05, 3.63) is 107 Å². The molecule has 2 aliphatic rings. The second kappa shape index (κ2) is 7.96. The molecule has 1 unspecified atom stereocenters. The molecule has 152 valence electrons. The molecule has 0 aliphatic carbocycles. The molecule has 4 heteroatoms. The van der Waals surface area contributed by atoms with Crippen molar-refractivity contribution in [1.29, 1.82) is 0 Å². The maximum atomic E-state index is 14.3. The minimum Gasteiger partial charge on any atom is -0.620 e. The van der Waals surface area contributed by atoms with Crippen molar-refractivity contribution in [3.8, 4) is 0 Å². The Labute approximate surface area is 178 Å². The van der Waals surface area contributed by atoms with Crippen LogP contribution in [-0.2, 0) is 5.79 Å². The van der Waals surface area contributed by atoms with Gasteiger partial charge >= 0.3 is 5.79 Å². The highest BCUT2D eigenvalue weighted by Gasteiger charge is 2.58. The summed E-state index contributed by atoms with van der Waals surface area (Å²) in [6.45, 7) is 2.40. The Hall–Kier alpha value is -3.11. The zero-order valence-electron chi connectivity index (χ0n) is 17.2. The van der Waals surface area contributed by atoms with Crippen LogP contribution < -0.4 is 4.90 Å². The van der Waals surface area contributed by atoms with Gasteiger partial charge in [0, 0.05) is 24.3 Å². The van der Waals surface area contributed by atoms with Gasteiger partial charge in [-0.25, -0.2) is 4.90 Å². The monoisotopic (exact) mass is 397 g/mol. The molecule has 0 spiro atoms. The van der Waals surface area contributed by atoms with Gasteiger partial charge in [0.15, 0.2) is 0 Å². The fourth-order valence-corrected chi connectivity index (χ4v) is 4.96. The zero-order valence-corrected chi connectivity index (χ0v) is 17.2. The lowest BCUT2D eigenvalue weighted by atomic mass is 10.0. The maximum Gasteiger partial charge on any atom is 0.338 e. The Morgan fingerprint density at radius 3 is 1.90 bits per heavy atom. The lowest BCUT2D eigenvalue weighted by Crippen LogP contribution is -2.61. The zero-order chi connectivity index (χ0) is 20.4. The third-order valence-electron chi connectivity index (χ3n) is 6.35. The van der Waals surface area contributed by atoms with Crippen LogP contribution in [0.5, 0.6) is 0 Å². The smallest absolute Gasteiger partial charge is 0.338 e. The lowest BCUT2D eigenvalue weighted by Gasteiger charge is -2.45. The van der Waals surface area contributed by atoms with E-state index >= 15 is 0 Å². The molecule has 3 aromatic carbocycles. The van der Waals surface area contributed by atoms with Gasteiger partial charge in [-0.1, -0.05) is 61.0 Å². The van der Waals surface area contributed by atoms with E-state index in [1.165, 1.54) is 11.2 Å². The number of rotatable bonds is 4. The molecule has 1 fully saturated rings. The molecule has 0 amide bonds. The third kappa shape index (κ3) is 2.99. The summed E-state index contributed by atoms with van der Waals surface area (Å²) in [5.74, 6) is -0.881. The summed E-state index contributed by atoms with van der Waals surface area (Å²) >= 11 is 0. The van der Waals surface area contributed by atoms with Crippen molar-refractivity contribution in [3.63, 3.8) is 0 Å². The Morgan fingerprint density at radius 2 is 1.27 bits per heavy atom. The van der Waals surface area contributed by atoms with E-state index < -0.39 is 5.79 Å². The Kier molecular flexibility index (Phi) is 5.01. The number of piperidine rings is 1. The largest absolute Gasteiger partial charge is 0.620 e. The molecule has 1 saturated heterocycles. The summed E-state index contributed by atoms with van der Waals surface area (Å²) in [5, 5.41) is 14.3. The average Bonchev–Trinajstić information content (AvgIpc) is 3.15. The number of para-hydroxylation sites is 1. The van der Waals surface area contributed by atoms with E-state index in [4.69, 9.17) is 0 Å². The summed E-state index contributed by atoms with van der Waals surface area (Å²) in [6.07, 6.45) is 3.46. The minimum atomic E-state index is -0.881. The topological polar surface area (TPSA) is 32.6 Å². The predicted octanol–water partition coefficient (Wildman–Crippen LogP) is 4.80. The van der Waals surface area contributed by atoms with E-state index in [9.17, 15) is 5.21 Å². The van der Waals surface area contributed by atoms with E-state index in [2.05, 4.69) is 46.2 Å². The second-order valence-corrected chi connectivity index (χ2v) is 8.08. The quantitative estimate of drug-likeness (QED) is 0.468. The molecule has 0 bridgehead atoms. The first-order valence-corrected chi connectivity index (χ1v) is 10.8. The van der Waals surface area contributed by atoms with Crippen LogP contribution in [0.4, 0.5) is 5.69 Å². The van der Waals surface area contributed by atoms with E-state index in [-0.39, 0.29) is 0 Å². The molecule has 30 heavy (non-hydrogen) atoms. The lowest BCUT2D eigenvalue weighted by molar-refractivity contribution is -0.585. The van der Waals surface area contributed by atoms with Gasteiger partial charge in [0.25, 0.3) is 0 Å². The van der Waals surface area contributed by atoms with Crippen LogP contribution in [-0.4, -0.2) is 35.0 Å². The number of anilines is 1. The predicted molar refractivity (Wildman–Crippen MR) is 122 cm³/mol. The SMILES string of the molecule is [O-][N+]1=C(c2ccccc2)CN(c2ccccc2)C1(c1ccccc1)N1CCCCC1. The van der Waals surface area contributed by atoms with Crippen molar-refractivity contribution in [2.45, 2.75) is 25.0 Å².